The summed E-state index contributed by atoms with van der Waals surface area (Å²) in [6.45, 7) is 8.53. The first-order chi connectivity index (χ1) is 7.70. The van der Waals surface area contributed by atoms with E-state index in [1.165, 1.54) is 12.1 Å². The summed E-state index contributed by atoms with van der Waals surface area (Å²) in [5.74, 6) is -0.665. The van der Waals surface area contributed by atoms with Crippen LogP contribution in [0.5, 0.6) is 0 Å². The Labute approximate surface area is 99.8 Å². The van der Waals surface area contributed by atoms with Gasteiger partial charge in [0.15, 0.2) is 0 Å². The van der Waals surface area contributed by atoms with E-state index in [1.54, 1.807) is 20.8 Å². The van der Waals surface area contributed by atoms with Crippen LogP contribution in [-0.2, 0) is 0 Å². The van der Waals surface area contributed by atoms with Gasteiger partial charge in [0.25, 0.3) is 0 Å². The zero-order valence-electron chi connectivity index (χ0n) is 10.1. The largest absolute Gasteiger partial charge is 0.478 e. The van der Waals surface area contributed by atoms with Crippen molar-refractivity contribution < 1.29 is 15.0 Å². The first kappa shape index (κ1) is 13.2. The van der Waals surface area contributed by atoms with E-state index in [9.17, 15) is 9.90 Å². The molecule has 0 saturated carbocycles. The second kappa shape index (κ2) is 4.55. The molecule has 0 aliphatic heterocycles. The summed E-state index contributed by atoms with van der Waals surface area (Å²) in [4.78, 5) is 15.0. The van der Waals surface area contributed by atoms with Crippen LogP contribution < -0.4 is 5.32 Å². The number of hydrogen-bond donors (Lipinski definition) is 3. The molecule has 3 N–H and O–H groups in total. The van der Waals surface area contributed by atoms with Crippen molar-refractivity contribution in [2.45, 2.75) is 26.4 Å². The van der Waals surface area contributed by atoms with Crippen LogP contribution in [0.25, 0.3) is 0 Å². The second-order valence-corrected chi connectivity index (χ2v) is 4.35. The van der Waals surface area contributed by atoms with E-state index >= 15 is 0 Å². The number of rotatable bonds is 4. The molecule has 1 heterocycles. The predicted molar refractivity (Wildman–Crippen MR) is 65.0 cm³/mol. The van der Waals surface area contributed by atoms with E-state index in [-0.39, 0.29) is 5.56 Å². The van der Waals surface area contributed by atoms with Crippen LogP contribution in [0, 0.1) is 6.92 Å². The van der Waals surface area contributed by atoms with Gasteiger partial charge in [0.1, 0.15) is 5.82 Å². The molecule has 0 atom stereocenters. The molecule has 0 aliphatic carbocycles. The average molecular weight is 236 g/mol. The van der Waals surface area contributed by atoms with Gasteiger partial charge >= 0.3 is 5.97 Å². The minimum Gasteiger partial charge on any atom is -0.478 e. The highest BCUT2D eigenvalue weighted by molar-refractivity contribution is 5.88. The van der Waals surface area contributed by atoms with Crippen molar-refractivity contribution in [3.63, 3.8) is 0 Å². The fourth-order valence-electron chi connectivity index (χ4n) is 1.16. The van der Waals surface area contributed by atoms with E-state index in [1.807, 2.05) is 0 Å². The topological polar surface area (TPSA) is 82.5 Å². The maximum Gasteiger partial charge on any atom is 0.335 e. The normalized spacial score (nSPS) is 11.1. The van der Waals surface area contributed by atoms with Crippen molar-refractivity contribution in [2.75, 3.05) is 5.32 Å². The van der Waals surface area contributed by atoms with Crippen LogP contribution in [0.4, 0.5) is 5.82 Å². The molecule has 0 bridgehead atoms. The van der Waals surface area contributed by atoms with Gasteiger partial charge in [-0.15, -0.1) is 0 Å². The van der Waals surface area contributed by atoms with Gasteiger partial charge in [0.05, 0.1) is 11.2 Å². The molecule has 0 aliphatic rings. The lowest BCUT2D eigenvalue weighted by atomic mass is 10.1. The number of pyridine rings is 1. The molecule has 0 fully saturated rings. The Bertz CT molecular complexity index is 461. The molecular weight excluding hydrogens is 220 g/mol. The van der Waals surface area contributed by atoms with E-state index < -0.39 is 11.6 Å². The van der Waals surface area contributed by atoms with Gasteiger partial charge in [-0.1, -0.05) is 6.58 Å². The van der Waals surface area contributed by atoms with Crippen molar-refractivity contribution >= 4 is 11.8 Å². The second-order valence-electron chi connectivity index (χ2n) is 4.35. The Morgan fingerprint density at radius 3 is 2.53 bits per heavy atom. The van der Waals surface area contributed by atoms with Crippen molar-refractivity contribution in [3.8, 4) is 0 Å². The van der Waals surface area contributed by atoms with Crippen molar-refractivity contribution in [1.82, 2.24) is 4.98 Å². The Morgan fingerprint density at radius 2 is 2.06 bits per heavy atom. The first-order valence-corrected chi connectivity index (χ1v) is 5.11. The molecule has 1 aromatic heterocycles. The number of aryl methyl sites for hydroxylation is 1. The number of carbonyl (C=O) groups is 1. The van der Waals surface area contributed by atoms with Gasteiger partial charge in [0.2, 0.25) is 0 Å². The third-order valence-electron chi connectivity index (χ3n) is 2.22. The third kappa shape index (κ3) is 3.57. The lowest BCUT2D eigenvalue weighted by Crippen LogP contribution is -2.26. The molecule has 5 heteroatoms. The van der Waals surface area contributed by atoms with Crippen LogP contribution in [0.15, 0.2) is 24.4 Å². The van der Waals surface area contributed by atoms with Crippen LogP contribution >= 0.6 is 0 Å². The van der Waals surface area contributed by atoms with Gasteiger partial charge in [-0.3, -0.25) is 0 Å². The summed E-state index contributed by atoms with van der Waals surface area (Å²) in [5, 5.41) is 21.4. The highest BCUT2D eigenvalue weighted by Gasteiger charge is 2.18. The number of aliphatic hydroxyl groups is 1. The Morgan fingerprint density at radius 1 is 1.47 bits per heavy atom. The zero-order chi connectivity index (χ0) is 13.2. The average Bonchev–Trinajstić information content (AvgIpc) is 2.14. The monoisotopic (exact) mass is 236 g/mol. The number of carboxylic acids is 1. The molecule has 17 heavy (non-hydrogen) atoms. The van der Waals surface area contributed by atoms with E-state index in [0.29, 0.717) is 17.2 Å². The number of hydrogen-bond acceptors (Lipinski definition) is 4. The molecular formula is C12H16N2O3. The third-order valence-corrected chi connectivity index (χ3v) is 2.22. The molecule has 0 unspecified atom stereocenters. The van der Waals surface area contributed by atoms with Crippen LogP contribution in [0.1, 0.15) is 29.9 Å². The highest BCUT2D eigenvalue weighted by Crippen LogP contribution is 2.17. The summed E-state index contributed by atoms with van der Waals surface area (Å²) in [5.41, 5.74) is -0.0270. The molecule has 0 spiro atoms. The maximum atomic E-state index is 10.9. The number of nitrogens with one attached hydrogen (secondary N) is 1. The molecule has 0 saturated heterocycles. The SMILES string of the molecule is C=C(Nc1cc(C(=O)O)cc(C)n1)C(C)(C)O. The minimum absolute atomic E-state index is 0.142. The van der Waals surface area contributed by atoms with Gasteiger partial charge < -0.3 is 15.5 Å². The van der Waals surface area contributed by atoms with E-state index in [4.69, 9.17) is 5.11 Å². The van der Waals surface area contributed by atoms with E-state index in [2.05, 4.69) is 16.9 Å². The molecule has 1 aromatic rings. The van der Waals surface area contributed by atoms with Crippen LogP contribution in [0.2, 0.25) is 0 Å². The number of anilines is 1. The molecule has 5 nitrogen and oxygen atoms in total. The summed E-state index contributed by atoms with van der Waals surface area (Å²) >= 11 is 0. The summed E-state index contributed by atoms with van der Waals surface area (Å²) in [7, 11) is 0. The van der Waals surface area contributed by atoms with Gasteiger partial charge in [0, 0.05) is 11.4 Å². The number of nitrogens with zero attached hydrogens (tertiary/aromatic N) is 1. The Hall–Kier alpha value is -1.88. The predicted octanol–water partition coefficient (Wildman–Crippen LogP) is 1.78. The number of aromatic nitrogens is 1. The van der Waals surface area contributed by atoms with Crippen LogP contribution in [-0.4, -0.2) is 26.8 Å². The Kier molecular flexibility index (Phi) is 3.53. The zero-order valence-corrected chi connectivity index (χ0v) is 10.1. The van der Waals surface area contributed by atoms with Gasteiger partial charge in [-0.05, 0) is 32.9 Å². The summed E-state index contributed by atoms with van der Waals surface area (Å²) in [6, 6.07) is 2.87. The maximum absolute atomic E-state index is 10.9. The van der Waals surface area contributed by atoms with Crippen molar-refractivity contribution in [3.05, 3.63) is 35.7 Å². The van der Waals surface area contributed by atoms with Crippen molar-refractivity contribution in [2.24, 2.45) is 0 Å². The molecule has 0 aromatic carbocycles. The Balaban J connectivity index is 3.00. The van der Waals surface area contributed by atoms with Crippen molar-refractivity contribution in [1.29, 1.82) is 0 Å². The highest BCUT2D eigenvalue weighted by atomic mass is 16.4. The van der Waals surface area contributed by atoms with Gasteiger partial charge in [-0.2, -0.15) is 0 Å². The minimum atomic E-state index is -1.10. The molecule has 0 radical (unpaired) electrons. The number of aromatic carboxylic acids is 1. The quantitative estimate of drug-likeness (QED) is 0.742. The van der Waals surface area contributed by atoms with Crippen LogP contribution in [0.3, 0.4) is 0 Å². The summed E-state index contributed by atoms with van der Waals surface area (Å²) in [6.07, 6.45) is 0. The fourth-order valence-corrected chi connectivity index (χ4v) is 1.16. The molecule has 1 rings (SSSR count). The number of carboxylic acid groups (broad SMARTS) is 1. The first-order valence-electron chi connectivity index (χ1n) is 5.11. The smallest absolute Gasteiger partial charge is 0.335 e. The van der Waals surface area contributed by atoms with Gasteiger partial charge in [-0.25, -0.2) is 9.78 Å². The molecule has 92 valence electrons. The lowest BCUT2D eigenvalue weighted by Gasteiger charge is -2.21. The molecule has 0 amide bonds. The lowest BCUT2D eigenvalue weighted by molar-refractivity contribution is 0.0696. The standard InChI is InChI=1S/C12H16N2O3/c1-7-5-9(11(15)16)6-10(13-7)14-8(2)12(3,4)17/h5-6,17H,2H2,1,3-4H3,(H,13,14)(H,15,16). The van der Waals surface area contributed by atoms with E-state index in [0.717, 1.165) is 0 Å². The summed E-state index contributed by atoms with van der Waals surface area (Å²) < 4.78 is 0. The fraction of sp³-hybridized carbons (Fsp3) is 0.333.